The normalized spacial score (nSPS) is 10.2. The van der Waals surface area contributed by atoms with Gasteiger partial charge in [0, 0.05) is 5.69 Å². The first-order valence-electron chi connectivity index (χ1n) is 7.66. The van der Waals surface area contributed by atoms with E-state index in [0.29, 0.717) is 5.69 Å². The number of hydrogen-bond acceptors (Lipinski definition) is 2. The Hall–Kier alpha value is -3.14. The van der Waals surface area contributed by atoms with Crippen LogP contribution in [0.1, 0.15) is 5.56 Å². The van der Waals surface area contributed by atoms with E-state index in [1.807, 2.05) is 54.6 Å². The van der Waals surface area contributed by atoms with Gasteiger partial charge in [-0.25, -0.2) is 4.39 Å². The molecule has 24 heavy (non-hydrogen) atoms. The maximum Gasteiger partial charge on any atom is 0.228 e. The van der Waals surface area contributed by atoms with E-state index in [2.05, 4.69) is 10.6 Å². The van der Waals surface area contributed by atoms with E-state index in [0.717, 1.165) is 16.9 Å². The second-order valence-corrected chi connectivity index (χ2v) is 5.39. The number of rotatable bonds is 5. The number of halogens is 1. The minimum absolute atomic E-state index is 0.149. The van der Waals surface area contributed by atoms with Gasteiger partial charge in [-0.15, -0.1) is 0 Å². The van der Waals surface area contributed by atoms with Crippen LogP contribution in [0, 0.1) is 5.82 Å². The number of carbonyl (C=O) groups is 1. The van der Waals surface area contributed by atoms with Gasteiger partial charge in [-0.1, -0.05) is 42.5 Å². The highest BCUT2D eigenvalue weighted by atomic mass is 19.1. The molecule has 0 spiro atoms. The zero-order valence-electron chi connectivity index (χ0n) is 13.0. The third-order valence-electron chi connectivity index (χ3n) is 3.53. The van der Waals surface area contributed by atoms with Crippen molar-refractivity contribution in [2.24, 2.45) is 0 Å². The Morgan fingerprint density at radius 3 is 2.12 bits per heavy atom. The molecule has 3 rings (SSSR count). The molecule has 0 atom stereocenters. The summed E-state index contributed by atoms with van der Waals surface area (Å²) < 4.78 is 12.9. The SMILES string of the molecule is O=C(Cc1ccc(F)cc1)Nc1ccccc1Nc1ccccc1. The van der Waals surface area contributed by atoms with Crippen molar-refractivity contribution in [3.8, 4) is 0 Å². The standard InChI is InChI=1S/C20H17FN2O/c21-16-12-10-15(11-13-16)14-20(24)23-19-9-5-4-8-18(19)22-17-6-2-1-3-7-17/h1-13,22H,14H2,(H,23,24). The van der Waals surface area contributed by atoms with Crippen molar-refractivity contribution in [2.75, 3.05) is 10.6 Å². The molecule has 0 unspecified atom stereocenters. The molecule has 0 radical (unpaired) electrons. The highest BCUT2D eigenvalue weighted by Gasteiger charge is 2.08. The number of hydrogen-bond donors (Lipinski definition) is 2. The van der Waals surface area contributed by atoms with Crippen molar-refractivity contribution >= 4 is 23.0 Å². The average Bonchev–Trinajstić information content (AvgIpc) is 2.60. The summed E-state index contributed by atoms with van der Waals surface area (Å²) in [6.07, 6.45) is 0.194. The van der Waals surface area contributed by atoms with Gasteiger partial charge >= 0.3 is 0 Å². The summed E-state index contributed by atoms with van der Waals surface area (Å²) in [6.45, 7) is 0. The summed E-state index contributed by atoms with van der Waals surface area (Å²) in [5.41, 5.74) is 3.23. The Balaban J connectivity index is 1.70. The van der Waals surface area contributed by atoms with Crippen LogP contribution < -0.4 is 10.6 Å². The minimum atomic E-state index is -0.309. The molecule has 4 heteroatoms. The van der Waals surface area contributed by atoms with Gasteiger partial charge in [0.05, 0.1) is 17.8 Å². The van der Waals surface area contributed by atoms with Gasteiger partial charge in [0.2, 0.25) is 5.91 Å². The molecule has 0 aromatic heterocycles. The first-order valence-corrected chi connectivity index (χ1v) is 7.66. The number of amides is 1. The zero-order valence-corrected chi connectivity index (χ0v) is 13.0. The number of para-hydroxylation sites is 3. The van der Waals surface area contributed by atoms with E-state index in [1.54, 1.807) is 12.1 Å². The van der Waals surface area contributed by atoms with Gasteiger partial charge < -0.3 is 10.6 Å². The highest BCUT2D eigenvalue weighted by Crippen LogP contribution is 2.25. The molecule has 0 bridgehead atoms. The molecule has 0 fully saturated rings. The fraction of sp³-hybridized carbons (Fsp3) is 0.0500. The van der Waals surface area contributed by atoms with E-state index >= 15 is 0 Å². The molecule has 0 aliphatic heterocycles. The number of nitrogens with one attached hydrogen (secondary N) is 2. The number of benzene rings is 3. The van der Waals surface area contributed by atoms with Crippen molar-refractivity contribution in [3.05, 3.63) is 90.2 Å². The van der Waals surface area contributed by atoms with Crippen molar-refractivity contribution in [1.82, 2.24) is 0 Å². The smallest absolute Gasteiger partial charge is 0.228 e. The molecule has 3 nitrogen and oxygen atoms in total. The molecule has 2 N–H and O–H groups in total. The highest BCUT2D eigenvalue weighted by molar-refractivity contribution is 5.96. The van der Waals surface area contributed by atoms with Gasteiger partial charge in [0.15, 0.2) is 0 Å². The maximum absolute atomic E-state index is 12.9. The molecule has 0 aliphatic rings. The lowest BCUT2D eigenvalue weighted by molar-refractivity contribution is -0.115. The first kappa shape index (κ1) is 15.7. The summed E-state index contributed by atoms with van der Waals surface area (Å²) in [6, 6.07) is 23.2. The monoisotopic (exact) mass is 320 g/mol. The van der Waals surface area contributed by atoms with Gasteiger partial charge in [0.1, 0.15) is 5.82 Å². The number of carbonyl (C=O) groups excluding carboxylic acids is 1. The Morgan fingerprint density at radius 1 is 0.792 bits per heavy atom. The fourth-order valence-electron chi connectivity index (χ4n) is 2.36. The molecule has 3 aromatic rings. The Morgan fingerprint density at radius 2 is 1.42 bits per heavy atom. The molecule has 1 amide bonds. The van der Waals surface area contributed by atoms with Crippen LogP contribution in [-0.4, -0.2) is 5.91 Å². The Bertz CT molecular complexity index is 817. The van der Waals surface area contributed by atoms with E-state index in [1.165, 1.54) is 12.1 Å². The lowest BCUT2D eigenvalue weighted by Gasteiger charge is -2.13. The second-order valence-electron chi connectivity index (χ2n) is 5.39. The van der Waals surface area contributed by atoms with Crippen LogP contribution in [0.15, 0.2) is 78.9 Å². The van der Waals surface area contributed by atoms with Crippen LogP contribution in [0.3, 0.4) is 0 Å². The largest absolute Gasteiger partial charge is 0.354 e. The van der Waals surface area contributed by atoms with E-state index in [-0.39, 0.29) is 18.1 Å². The summed E-state index contributed by atoms with van der Waals surface area (Å²) in [4.78, 5) is 12.2. The topological polar surface area (TPSA) is 41.1 Å². The van der Waals surface area contributed by atoms with Crippen LogP contribution in [-0.2, 0) is 11.2 Å². The van der Waals surface area contributed by atoms with Crippen LogP contribution in [0.4, 0.5) is 21.5 Å². The first-order chi connectivity index (χ1) is 11.7. The Labute approximate surface area is 140 Å². The predicted octanol–water partition coefficient (Wildman–Crippen LogP) is 4.75. The van der Waals surface area contributed by atoms with Crippen molar-refractivity contribution in [1.29, 1.82) is 0 Å². The van der Waals surface area contributed by atoms with Crippen molar-refractivity contribution < 1.29 is 9.18 Å². The Kier molecular flexibility index (Phi) is 4.87. The van der Waals surface area contributed by atoms with Gasteiger partial charge in [-0.3, -0.25) is 4.79 Å². The third-order valence-corrected chi connectivity index (χ3v) is 3.53. The summed E-state index contributed by atoms with van der Waals surface area (Å²) in [5, 5.41) is 6.18. The van der Waals surface area contributed by atoms with Crippen molar-refractivity contribution in [2.45, 2.75) is 6.42 Å². The zero-order chi connectivity index (χ0) is 16.8. The predicted molar refractivity (Wildman–Crippen MR) is 94.9 cm³/mol. The molecule has 0 heterocycles. The molecule has 120 valence electrons. The van der Waals surface area contributed by atoms with E-state index in [9.17, 15) is 9.18 Å². The maximum atomic E-state index is 12.9. The molecule has 0 saturated heterocycles. The van der Waals surface area contributed by atoms with Gasteiger partial charge in [0.25, 0.3) is 0 Å². The number of anilines is 3. The van der Waals surface area contributed by atoms with E-state index < -0.39 is 0 Å². The molecule has 3 aromatic carbocycles. The van der Waals surface area contributed by atoms with E-state index in [4.69, 9.17) is 0 Å². The molecular formula is C20H17FN2O. The van der Waals surface area contributed by atoms with Gasteiger partial charge in [-0.05, 0) is 42.0 Å². The quantitative estimate of drug-likeness (QED) is 0.712. The van der Waals surface area contributed by atoms with Crippen molar-refractivity contribution in [3.63, 3.8) is 0 Å². The van der Waals surface area contributed by atoms with Crippen LogP contribution in [0.5, 0.6) is 0 Å². The average molecular weight is 320 g/mol. The van der Waals surface area contributed by atoms with Crippen LogP contribution in [0.25, 0.3) is 0 Å². The fourth-order valence-corrected chi connectivity index (χ4v) is 2.36. The van der Waals surface area contributed by atoms with Gasteiger partial charge in [-0.2, -0.15) is 0 Å². The lowest BCUT2D eigenvalue weighted by Crippen LogP contribution is -2.15. The summed E-state index contributed by atoms with van der Waals surface area (Å²) in [5.74, 6) is -0.458. The second kappa shape index (κ2) is 7.42. The van der Waals surface area contributed by atoms with Crippen LogP contribution >= 0.6 is 0 Å². The summed E-state index contributed by atoms with van der Waals surface area (Å²) in [7, 11) is 0. The third kappa shape index (κ3) is 4.20. The lowest BCUT2D eigenvalue weighted by atomic mass is 10.1. The molecule has 0 saturated carbocycles. The van der Waals surface area contributed by atoms with Crippen LogP contribution in [0.2, 0.25) is 0 Å². The summed E-state index contributed by atoms with van der Waals surface area (Å²) >= 11 is 0. The molecular weight excluding hydrogens is 303 g/mol. The molecule has 0 aliphatic carbocycles. The minimum Gasteiger partial charge on any atom is -0.354 e.